The van der Waals surface area contributed by atoms with Crippen molar-refractivity contribution in [3.8, 4) is 0 Å². The predicted molar refractivity (Wildman–Crippen MR) is 88.7 cm³/mol. The van der Waals surface area contributed by atoms with Gasteiger partial charge in [-0.05, 0) is 61.6 Å². The van der Waals surface area contributed by atoms with E-state index in [1.54, 1.807) is 0 Å². The Bertz CT molecular complexity index is 710. The molecule has 1 fully saturated rings. The van der Waals surface area contributed by atoms with Gasteiger partial charge in [0.25, 0.3) is 0 Å². The average Bonchev–Trinajstić information content (AvgIpc) is 2.46. The van der Waals surface area contributed by atoms with Gasteiger partial charge >= 0.3 is 0 Å². The van der Waals surface area contributed by atoms with Crippen LogP contribution in [0.3, 0.4) is 0 Å². The summed E-state index contributed by atoms with van der Waals surface area (Å²) < 4.78 is 0. The monoisotopic (exact) mass is 300 g/mol. The first-order valence-electron chi connectivity index (χ1n) is 8.03. The molecule has 2 bridgehead atoms. The molecule has 0 saturated heterocycles. The van der Waals surface area contributed by atoms with Gasteiger partial charge in [0.15, 0.2) is 0 Å². The van der Waals surface area contributed by atoms with Crippen LogP contribution in [0.15, 0.2) is 18.2 Å². The third-order valence-corrected chi connectivity index (χ3v) is 5.71. The second-order valence-electron chi connectivity index (χ2n) is 6.80. The number of nitrogens with zero attached hydrogens (tertiary/aromatic N) is 1. The number of nitrogens with two attached hydrogens (primary N) is 1. The van der Waals surface area contributed by atoms with Crippen LogP contribution in [-0.4, -0.2) is 4.98 Å². The van der Waals surface area contributed by atoms with Crippen molar-refractivity contribution in [1.29, 1.82) is 0 Å². The van der Waals surface area contributed by atoms with Gasteiger partial charge in [0.05, 0.1) is 5.52 Å². The van der Waals surface area contributed by atoms with E-state index in [0.717, 1.165) is 39.9 Å². The molecule has 4 rings (SSSR count). The molecule has 1 saturated carbocycles. The molecule has 2 aliphatic carbocycles. The van der Waals surface area contributed by atoms with Gasteiger partial charge in [-0.3, -0.25) is 4.98 Å². The maximum Gasteiger partial charge on any atom is 0.0741 e. The molecule has 3 atom stereocenters. The molecule has 3 unspecified atom stereocenters. The van der Waals surface area contributed by atoms with E-state index in [2.05, 4.69) is 6.92 Å². The van der Waals surface area contributed by atoms with E-state index in [4.69, 9.17) is 22.3 Å². The average molecular weight is 301 g/mol. The third-order valence-electron chi connectivity index (χ3n) is 5.48. The molecule has 2 N–H and O–H groups in total. The van der Waals surface area contributed by atoms with Crippen molar-refractivity contribution >= 4 is 28.2 Å². The van der Waals surface area contributed by atoms with Crippen LogP contribution in [0.5, 0.6) is 0 Å². The van der Waals surface area contributed by atoms with E-state index in [0.29, 0.717) is 5.92 Å². The number of aromatic nitrogens is 1. The first kappa shape index (κ1) is 13.4. The minimum absolute atomic E-state index is 0.616. The lowest BCUT2D eigenvalue weighted by molar-refractivity contribution is 0.216. The summed E-state index contributed by atoms with van der Waals surface area (Å²) in [6, 6.07) is 5.87. The normalized spacial score (nSPS) is 27.6. The highest BCUT2D eigenvalue weighted by Crippen LogP contribution is 2.49. The Balaban J connectivity index is 1.89. The summed E-state index contributed by atoms with van der Waals surface area (Å²) in [7, 11) is 0. The van der Waals surface area contributed by atoms with Crippen LogP contribution < -0.4 is 5.73 Å². The van der Waals surface area contributed by atoms with Crippen LogP contribution in [0.1, 0.15) is 49.8 Å². The summed E-state index contributed by atoms with van der Waals surface area (Å²) in [5.41, 5.74) is 11.0. The predicted octanol–water partition coefficient (Wildman–Crippen LogP) is 4.94. The smallest absolute Gasteiger partial charge is 0.0741 e. The molecule has 0 aliphatic heterocycles. The lowest BCUT2D eigenvalue weighted by Gasteiger charge is -2.40. The Morgan fingerprint density at radius 1 is 1.29 bits per heavy atom. The lowest BCUT2D eigenvalue weighted by Crippen LogP contribution is -2.29. The zero-order valence-corrected chi connectivity index (χ0v) is 13.2. The van der Waals surface area contributed by atoms with Crippen LogP contribution >= 0.6 is 11.6 Å². The van der Waals surface area contributed by atoms with Gasteiger partial charge in [-0.15, -0.1) is 0 Å². The molecule has 0 spiro atoms. The molecule has 0 amide bonds. The van der Waals surface area contributed by atoms with Crippen molar-refractivity contribution in [2.45, 2.75) is 44.9 Å². The summed E-state index contributed by atoms with van der Waals surface area (Å²) in [5, 5.41) is 1.80. The molecule has 1 aromatic heterocycles. The number of halogens is 1. The Hall–Kier alpha value is -1.28. The molecule has 1 heterocycles. The van der Waals surface area contributed by atoms with Crippen molar-refractivity contribution < 1.29 is 0 Å². The molecular formula is C18H21ClN2. The van der Waals surface area contributed by atoms with E-state index in [1.807, 2.05) is 18.2 Å². The number of hydrogen-bond acceptors (Lipinski definition) is 2. The fraction of sp³-hybridized carbons (Fsp3) is 0.500. The second kappa shape index (κ2) is 4.88. The molecule has 0 radical (unpaired) electrons. The first-order valence-corrected chi connectivity index (χ1v) is 8.41. The minimum atomic E-state index is 0.616. The quantitative estimate of drug-likeness (QED) is 0.810. The van der Waals surface area contributed by atoms with E-state index in [1.165, 1.54) is 36.9 Å². The standard InChI is InChI=1S/C18H21ClN2/c1-2-10-5-11-7-12(6-10)17-16(8-11)21-15-9-13(19)3-4-14(15)18(17)20/h3-4,9-12H,2,5-8H2,1H3,(H2,20,21). The molecule has 3 heteroatoms. The van der Waals surface area contributed by atoms with Crippen molar-refractivity contribution in [3.63, 3.8) is 0 Å². The highest BCUT2D eigenvalue weighted by molar-refractivity contribution is 6.31. The van der Waals surface area contributed by atoms with Gasteiger partial charge in [-0.2, -0.15) is 0 Å². The van der Waals surface area contributed by atoms with Crippen LogP contribution in [0.25, 0.3) is 10.9 Å². The second-order valence-corrected chi connectivity index (χ2v) is 7.23. The fourth-order valence-corrected chi connectivity index (χ4v) is 4.68. The van der Waals surface area contributed by atoms with Crippen LogP contribution in [0, 0.1) is 11.8 Å². The van der Waals surface area contributed by atoms with Gasteiger partial charge in [0, 0.05) is 27.4 Å². The summed E-state index contributed by atoms with van der Waals surface area (Å²) in [4.78, 5) is 4.91. The molecule has 21 heavy (non-hydrogen) atoms. The molecular weight excluding hydrogens is 280 g/mol. The van der Waals surface area contributed by atoms with Crippen LogP contribution in [0.2, 0.25) is 5.02 Å². The third kappa shape index (κ3) is 2.12. The molecule has 1 aromatic carbocycles. The highest BCUT2D eigenvalue weighted by Gasteiger charge is 2.36. The SMILES string of the molecule is CCC1CC2Cc3nc4cc(Cl)ccc4c(N)c3C(C1)C2. The fourth-order valence-electron chi connectivity index (χ4n) is 4.52. The number of hydrogen-bond donors (Lipinski definition) is 1. The summed E-state index contributed by atoms with van der Waals surface area (Å²) in [5.74, 6) is 2.27. The van der Waals surface area contributed by atoms with Crippen LogP contribution in [0.4, 0.5) is 5.69 Å². The van der Waals surface area contributed by atoms with E-state index in [-0.39, 0.29) is 0 Å². The summed E-state index contributed by atoms with van der Waals surface area (Å²) in [6.45, 7) is 2.32. The first-order chi connectivity index (χ1) is 10.2. The van der Waals surface area contributed by atoms with Gasteiger partial charge in [-0.1, -0.05) is 24.9 Å². The van der Waals surface area contributed by atoms with Crippen molar-refractivity contribution in [1.82, 2.24) is 4.98 Å². The Kier molecular flexibility index (Phi) is 3.11. The minimum Gasteiger partial charge on any atom is -0.398 e. The zero-order chi connectivity index (χ0) is 14.6. The van der Waals surface area contributed by atoms with Crippen molar-refractivity contribution in [3.05, 3.63) is 34.5 Å². The van der Waals surface area contributed by atoms with E-state index in [9.17, 15) is 0 Å². The van der Waals surface area contributed by atoms with Crippen molar-refractivity contribution in [2.75, 3.05) is 5.73 Å². The number of fused-ring (bicyclic) bond motifs is 5. The topological polar surface area (TPSA) is 38.9 Å². The maximum atomic E-state index is 6.53. The molecule has 110 valence electrons. The Morgan fingerprint density at radius 2 is 2.14 bits per heavy atom. The Labute approximate surface area is 130 Å². The molecule has 2 nitrogen and oxygen atoms in total. The number of rotatable bonds is 1. The summed E-state index contributed by atoms with van der Waals surface area (Å²) in [6.07, 6.45) is 6.33. The molecule has 2 aliphatic rings. The van der Waals surface area contributed by atoms with Gasteiger partial charge in [0.2, 0.25) is 0 Å². The van der Waals surface area contributed by atoms with Gasteiger partial charge in [-0.25, -0.2) is 0 Å². The van der Waals surface area contributed by atoms with Crippen LogP contribution in [-0.2, 0) is 6.42 Å². The number of nitrogen functional groups attached to an aromatic ring is 1. The van der Waals surface area contributed by atoms with Gasteiger partial charge in [0.1, 0.15) is 0 Å². The van der Waals surface area contributed by atoms with E-state index < -0.39 is 0 Å². The van der Waals surface area contributed by atoms with Gasteiger partial charge < -0.3 is 5.73 Å². The zero-order valence-electron chi connectivity index (χ0n) is 12.4. The Morgan fingerprint density at radius 3 is 2.95 bits per heavy atom. The van der Waals surface area contributed by atoms with Crippen molar-refractivity contribution in [2.24, 2.45) is 11.8 Å². The largest absolute Gasteiger partial charge is 0.398 e. The number of pyridine rings is 1. The van der Waals surface area contributed by atoms with E-state index >= 15 is 0 Å². The summed E-state index contributed by atoms with van der Waals surface area (Å²) >= 11 is 6.11. The molecule has 2 aromatic rings. The lowest BCUT2D eigenvalue weighted by atomic mass is 9.66. The number of anilines is 1. The highest BCUT2D eigenvalue weighted by atomic mass is 35.5. The maximum absolute atomic E-state index is 6.53. The number of benzene rings is 1.